The lowest BCUT2D eigenvalue weighted by molar-refractivity contribution is 0.0972. The monoisotopic (exact) mass is 223 g/mol. The van der Waals surface area contributed by atoms with E-state index in [1.807, 2.05) is 6.92 Å². The Kier molecular flexibility index (Phi) is 2.61. The fraction of sp³-hybridized carbons (Fsp3) is 0.444. The first-order valence-corrected chi connectivity index (χ1v) is 5.04. The Morgan fingerprint density at radius 2 is 2.44 bits per heavy atom. The van der Waals surface area contributed by atoms with Crippen molar-refractivity contribution in [1.82, 2.24) is 19.5 Å². The third-order valence-corrected chi connectivity index (χ3v) is 2.32. The molecule has 0 fully saturated rings. The highest BCUT2D eigenvalue weighted by Gasteiger charge is 2.13. The molecule has 4 N–H and O–H groups in total. The first-order chi connectivity index (χ1) is 7.63. The zero-order valence-electron chi connectivity index (χ0n) is 8.84. The predicted octanol–water partition coefficient (Wildman–Crippen LogP) is -0.00720. The van der Waals surface area contributed by atoms with Crippen molar-refractivity contribution >= 4 is 17.1 Å². The molecular formula is C9H13N5O2. The molecule has 0 saturated heterocycles. The van der Waals surface area contributed by atoms with Crippen molar-refractivity contribution in [3.05, 3.63) is 16.7 Å². The number of nitrogen functional groups attached to an aromatic ring is 1. The van der Waals surface area contributed by atoms with Crippen molar-refractivity contribution in [2.75, 3.05) is 5.73 Å². The number of nitrogens with one attached hydrogen (secondary N) is 1. The van der Waals surface area contributed by atoms with E-state index >= 15 is 0 Å². The Hall–Kier alpha value is -1.89. The summed E-state index contributed by atoms with van der Waals surface area (Å²) in [5.41, 5.74) is 5.53. The van der Waals surface area contributed by atoms with Crippen LogP contribution in [0.25, 0.3) is 11.2 Å². The number of rotatable bonds is 3. The Morgan fingerprint density at radius 1 is 1.69 bits per heavy atom. The largest absolute Gasteiger partial charge is 0.373 e. The minimum absolute atomic E-state index is 0.0166. The van der Waals surface area contributed by atoms with Crippen LogP contribution in [0.3, 0.4) is 0 Å². The van der Waals surface area contributed by atoms with E-state index in [4.69, 9.17) is 5.73 Å². The molecule has 0 spiro atoms. The minimum Gasteiger partial charge on any atom is -0.373 e. The minimum atomic E-state index is -0.733. The van der Waals surface area contributed by atoms with Gasteiger partial charge < -0.3 is 10.8 Å². The lowest BCUT2D eigenvalue weighted by atomic mass is 10.3. The Bertz CT molecular complexity index is 559. The number of aromatic nitrogens is 4. The van der Waals surface area contributed by atoms with Gasteiger partial charge in [0.05, 0.1) is 6.33 Å². The topological polar surface area (TPSA) is 110 Å². The van der Waals surface area contributed by atoms with Gasteiger partial charge in [-0.3, -0.25) is 14.3 Å². The van der Waals surface area contributed by atoms with Crippen molar-refractivity contribution < 1.29 is 5.11 Å². The molecule has 0 aliphatic heterocycles. The summed E-state index contributed by atoms with van der Waals surface area (Å²) in [6.45, 7) is 1.96. The van der Waals surface area contributed by atoms with Crippen LogP contribution in [-0.2, 0) is 0 Å². The second-order valence-electron chi connectivity index (χ2n) is 3.54. The number of nitrogens with two attached hydrogens (primary N) is 1. The molecule has 2 aromatic heterocycles. The zero-order valence-corrected chi connectivity index (χ0v) is 8.84. The number of hydrogen-bond donors (Lipinski definition) is 3. The molecule has 2 rings (SSSR count). The third-order valence-electron chi connectivity index (χ3n) is 2.32. The molecule has 16 heavy (non-hydrogen) atoms. The molecule has 0 radical (unpaired) electrons. The maximum absolute atomic E-state index is 11.5. The van der Waals surface area contributed by atoms with E-state index in [9.17, 15) is 9.90 Å². The van der Waals surface area contributed by atoms with E-state index in [1.54, 1.807) is 0 Å². The van der Waals surface area contributed by atoms with E-state index in [1.165, 1.54) is 10.9 Å². The van der Waals surface area contributed by atoms with Crippen molar-refractivity contribution in [3.63, 3.8) is 0 Å². The maximum atomic E-state index is 11.5. The van der Waals surface area contributed by atoms with Crippen molar-refractivity contribution in [2.45, 2.75) is 26.0 Å². The van der Waals surface area contributed by atoms with Crippen LogP contribution in [0.1, 0.15) is 26.0 Å². The van der Waals surface area contributed by atoms with Crippen LogP contribution in [0.15, 0.2) is 11.1 Å². The number of aliphatic hydroxyl groups excluding tert-OH is 1. The molecule has 2 aromatic rings. The van der Waals surface area contributed by atoms with Crippen LogP contribution in [0, 0.1) is 0 Å². The lowest BCUT2D eigenvalue weighted by Crippen LogP contribution is -2.14. The van der Waals surface area contributed by atoms with Gasteiger partial charge in [0.2, 0.25) is 5.95 Å². The quantitative estimate of drug-likeness (QED) is 0.678. The average Bonchev–Trinajstić information content (AvgIpc) is 2.61. The summed E-state index contributed by atoms with van der Waals surface area (Å²) in [6.07, 6.45) is 2.05. The van der Waals surface area contributed by atoms with Gasteiger partial charge in [0.15, 0.2) is 11.2 Å². The second-order valence-corrected chi connectivity index (χ2v) is 3.54. The van der Waals surface area contributed by atoms with E-state index in [0.29, 0.717) is 12.1 Å². The number of anilines is 1. The molecule has 0 aliphatic rings. The van der Waals surface area contributed by atoms with Gasteiger partial charge in [-0.2, -0.15) is 4.98 Å². The number of H-pyrrole nitrogens is 1. The maximum Gasteiger partial charge on any atom is 0.280 e. The Balaban J connectivity index is 2.60. The third kappa shape index (κ3) is 1.65. The van der Waals surface area contributed by atoms with Crippen molar-refractivity contribution in [2.24, 2.45) is 0 Å². The van der Waals surface area contributed by atoms with Gasteiger partial charge in [0.25, 0.3) is 5.56 Å². The van der Waals surface area contributed by atoms with Crippen LogP contribution >= 0.6 is 0 Å². The average molecular weight is 223 g/mol. The summed E-state index contributed by atoms with van der Waals surface area (Å²) in [4.78, 5) is 21.7. The molecule has 0 aliphatic carbocycles. The molecule has 1 unspecified atom stereocenters. The molecular weight excluding hydrogens is 210 g/mol. The summed E-state index contributed by atoms with van der Waals surface area (Å²) >= 11 is 0. The summed E-state index contributed by atoms with van der Waals surface area (Å²) in [5, 5.41) is 9.82. The van der Waals surface area contributed by atoms with E-state index < -0.39 is 11.8 Å². The lowest BCUT2D eigenvalue weighted by Gasteiger charge is -2.10. The van der Waals surface area contributed by atoms with E-state index in [0.717, 1.165) is 6.42 Å². The van der Waals surface area contributed by atoms with Crippen molar-refractivity contribution in [1.29, 1.82) is 0 Å². The predicted molar refractivity (Wildman–Crippen MR) is 58.7 cm³/mol. The van der Waals surface area contributed by atoms with E-state index in [2.05, 4.69) is 15.0 Å². The van der Waals surface area contributed by atoms with Gasteiger partial charge in [-0.1, -0.05) is 13.3 Å². The van der Waals surface area contributed by atoms with Gasteiger partial charge >= 0.3 is 0 Å². The Labute approximate surface area is 90.9 Å². The number of fused-ring (bicyclic) bond motifs is 1. The number of hydrogen-bond acceptors (Lipinski definition) is 5. The molecule has 0 aromatic carbocycles. The van der Waals surface area contributed by atoms with Gasteiger partial charge in [-0.05, 0) is 6.42 Å². The fourth-order valence-corrected chi connectivity index (χ4v) is 1.56. The first-order valence-electron chi connectivity index (χ1n) is 5.04. The summed E-state index contributed by atoms with van der Waals surface area (Å²) in [7, 11) is 0. The summed E-state index contributed by atoms with van der Waals surface area (Å²) in [5.74, 6) is 0.0166. The number of aromatic amines is 1. The van der Waals surface area contributed by atoms with Gasteiger partial charge in [0, 0.05) is 0 Å². The molecule has 0 bridgehead atoms. The molecule has 2 heterocycles. The molecule has 0 amide bonds. The fourth-order valence-electron chi connectivity index (χ4n) is 1.56. The van der Waals surface area contributed by atoms with Gasteiger partial charge in [-0.25, -0.2) is 4.98 Å². The highest BCUT2D eigenvalue weighted by atomic mass is 16.3. The Morgan fingerprint density at radius 3 is 3.12 bits per heavy atom. The first kappa shape index (κ1) is 10.6. The highest BCUT2D eigenvalue weighted by molar-refractivity contribution is 5.70. The normalized spacial score (nSPS) is 13.1. The van der Waals surface area contributed by atoms with Gasteiger partial charge in [0.1, 0.15) is 6.23 Å². The standard InChI is InChI=1S/C9H13N5O2/c1-2-3-5(15)14-4-11-6-7(14)12-9(10)13-8(6)16/h4-5,15H,2-3H2,1H3,(H3,10,12,13,16). The molecule has 1 atom stereocenters. The molecule has 7 heteroatoms. The molecule has 7 nitrogen and oxygen atoms in total. The van der Waals surface area contributed by atoms with Crippen LogP contribution in [0.5, 0.6) is 0 Å². The van der Waals surface area contributed by atoms with Crippen LogP contribution < -0.4 is 11.3 Å². The molecule has 0 saturated carbocycles. The van der Waals surface area contributed by atoms with E-state index in [-0.39, 0.29) is 11.5 Å². The second kappa shape index (κ2) is 3.93. The summed E-state index contributed by atoms with van der Waals surface area (Å²) < 4.78 is 1.45. The number of aliphatic hydroxyl groups is 1. The number of nitrogens with zero attached hydrogens (tertiary/aromatic N) is 3. The summed E-state index contributed by atoms with van der Waals surface area (Å²) in [6, 6.07) is 0. The smallest absolute Gasteiger partial charge is 0.280 e. The van der Waals surface area contributed by atoms with Gasteiger partial charge in [-0.15, -0.1) is 0 Å². The van der Waals surface area contributed by atoms with Crippen LogP contribution in [0.2, 0.25) is 0 Å². The van der Waals surface area contributed by atoms with Crippen LogP contribution in [-0.4, -0.2) is 24.6 Å². The van der Waals surface area contributed by atoms with Crippen LogP contribution in [0.4, 0.5) is 5.95 Å². The number of imidazole rings is 1. The highest BCUT2D eigenvalue weighted by Crippen LogP contribution is 2.15. The van der Waals surface area contributed by atoms with Crippen molar-refractivity contribution in [3.8, 4) is 0 Å². The zero-order chi connectivity index (χ0) is 11.7. The molecule has 86 valence electrons. The SMILES string of the molecule is CCCC(O)n1cnc2c(=O)[nH]c(N)nc21.